The maximum atomic E-state index is 12.6. The molecule has 0 unspecified atom stereocenters. The Kier molecular flexibility index (Phi) is 6.64. The van der Waals surface area contributed by atoms with E-state index in [0.717, 1.165) is 22.0 Å². The molecule has 0 amide bonds. The molecule has 0 saturated heterocycles. The van der Waals surface area contributed by atoms with E-state index in [4.69, 9.17) is 22.1 Å². The van der Waals surface area contributed by atoms with Crippen LogP contribution in [0, 0.1) is 0 Å². The van der Waals surface area contributed by atoms with Crippen LogP contribution in [-0.4, -0.2) is 23.7 Å². The number of esters is 1. The average molecular weight is 424 g/mol. The Labute approximate surface area is 162 Å². The second-order valence-electron chi connectivity index (χ2n) is 5.41. The molecule has 0 fully saturated rings. The second-order valence-corrected chi connectivity index (χ2v) is 5.85. The molecular formula is C19H20BrClN2O2. The van der Waals surface area contributed by atoms with Crippen LogP contribution in [0.5, 0.6) is 0 Å². The lowest BCUT2D eigenvalue weighted by Crippen LogP contribution is -2.17. The van der Waals surface area contributed by atoms with E-state index in [1.807, 2.05) is 47.0 Å². The predicted molar refractivity (Wildman–Crippen MR) is 108 cm³/mol. The zero-order valence-corrected chi connectivity index (χ0v) is 16.3. The minimum Gasteiger partial charge on any atom is -0.461 e. The van der Waals surface area contributed by atoms with Crippen molar-refractivity contribution in [2.45, 2.75) is 13.5 Å². The van der Waals surface area contributed by atoms with Gasteiger partial charge < -0.3 is 15.0 Å². The summed E-state index contributed by atoms with van der Waals surface area (Å²) < 4.78 is 7.21. The van der Waals surface area contributed by atoms with Crippen molar-refractivity contribution in [1.82, 2.24) is 4.57 Å². The summed E-state index contributed by atoms with van der Waals surface area (Å²) in [6.07, 6.45) is 0. The van der Waals surface area contributed by atoms with Gasteiger partial charge in [-0.05, 0) is 24.6 Å². The van der Waals surface area contributed by atoms with Gasteiger partial charge >= 0.3 is 5.97 Å². The zero-order chi connectivity index (χ0) is 17.1. The highest BCUT2D eigenvalue weighted by atomic mass is 79.9. The Morgan fingerprint density at radius 1 is 1.16 bits per heavy atom. The number of ether oxygens (including phenoxy) is 1. The summed E-state index contributed by atoms with van der Waals surface area (Å²) in [6, 6.07) is 15.5. The van der Waals surface area contributed by atoms with Gasteiger partial charge in [0, 0.05) is 28.9 Å². The molecule has 0 bridgehead atoms. The number of nitrogens with two attached hydrogens (primary N) is 1. The van der Waals surface area contributed by atoms with Crippen LogP contribution >= 0.6 is 28.6 Å². The number of nitrogens with zero attached hydrogens (tertiary/aromatic N) is 1. The third-order valence-corrected chi connectivity index (χ3v) is 4.14. The topological polar surface area (TPSA) is 57.2 Å². The first kappa shape index (κ1) is 19.5. The fraction of sp³-hybridized carbons (Fsp3) is 0.211. The van der Waals surface area contributed by atoms with Gasteiger partial charge in [-0.15, -0.1) is 17.0 Å². The van der Waals surface area contributed by atoms with Crippen molar-refractivity contribution in [3.05, 3.63) is 59.2 Å². The van der Waals surface area contributed by atoms with Crippen molar-refractivity contribution >= 4 is 45.3 Å². The minimum absolute atomic E-state index is 0. The minimum atomic E-state index is -0.347. The fourth-order valence-corrected chi connectivity index (χ4v) is 3.17. The number of carbonyl (C=O) groups is 1. The van der Waals surface area contributed by atoms with E-state index in [-0.39, 0.29) is 23.0 Å². The first-order chi connectivity index (χ1) is 11.7. The van der Waals surface area contributed by atoms with E-state index in [1.54, 1.807) is 13.0 Å². The van der Waals surface area contributed by atoms with Crippen LogP contribution in [0.25, 0.3) is 22.0 Å². The summed E-state index contributed by atoms with van der Waals surface area (Å²) >= 11 is 6.21. The Morgan fingerprint density at radius 3 is 2.52 bits per heavy atom. The van der Waals surface area contributed by atoms with Gasteiger partial charge in [-0.25, -0.2) is 4.79 Å². The Hall–Kier alpha value is -1.82. The number of hydrogen-bond donors (Lipinski definition) is 1. The number of halogens is 2. The van der Waals surface area contributed by atoms with E-state index < -0.39 is 0 Å². The third kappa shape index (κ3) is 3.73. The van der Waals surface area contributed by atoms with Crippen molar-refractivity contribution in [2.24, 2.45) is 5.73 Å². The standard InChI is InChI=1S/C19H19ClN2O2.BrH/c1-2-24-19(23)18-15-9-8-14(20)12-16(15)17(22(18)11-10-21)13-6-4-3-5-7-13;/h3-9,12H,2,10-11,21H2,1H3;1H. The van der Waals surface area contributed by atoms with E-state index in [2.05, 4.69) is 0 Å². The molecule has 4 nitrogen and oxygen atoms in total. The highest BCUT2D eigenvalue weighted by molar-refractivity contribution is 8.93. The summed E-state index contributed by atoms with van der Waals surface area (Å²) in [7, 11) is 0. The van der Waals surface area contributed by atoms with Crippen molar-refractivity contribution in [2.75, 3.05) is 13.2 Å². The zero-order valence-electron chi connectivity index (χ0n) is 13.9. The molecule has 2 aromatic carbocycles. The van der Waals surface area contributed by atoms with Crippen LogP contribution in [0.3, 0.4) is 0 Å². The Balaban J connectivity index is 0.00000225. The van der Waals surface area contributed by atoms with Crippen LogP contribution in [0.2, 0.25) is 5.02 Å². The summed E-state index contributed by atoms with van der Waals surface area (Å²) in [5, 5.41) is 2.37. The Bertz CT molecular complexity index is 878. The molecule has 0 aliphatic rings. The molecule has 132 valence electrons. The lowest BCUT2D eigenvalue weighted by molar-refractivity contribution is 0.0516. The SMILES string of the molecule is Br.CCOC(=O)c1c2ccc(Cl)cc2c(-c2ccccc2)n1CCN. The van der Waals surface area contributed by atoms with Gasteiger partial charge in [0.1, 0.15) is 5.69 Å². The van der Waals surface area contributed by atoms with Gasteiger partial charge in [-0.1, -0.05) is 48.0 Å². The van der Waals surface area contributed by atoms with E-state index in [9.17, 15) is 4.79 Å². The Morgan fingerprint density at radius 2 is 1.88 bits per heavy atom. The summed E-state index contributed by atoms with van der Waals surface area (Å²) in [5.41, 5.74) is 8.26. The van der Waals surface area contributed by atoms with Crippen molar-refractivity contribution in [3.8, 4) is 11.3 Å². The van der Waals surface area contributed by atoms with Gasteiger partial charge in [0.2, 0.25) is 0 Å². The average Bonchev–Trinajstić information content (AvgIpc) is 2.89. The van der Waals surface area contributed by atoms with Crippen molar-refractivity contribution < 1.29 is 9.53 Å². The van der Waals surface area contributed by atoms with Gasteiger partial charge in [-0.3, -0.25) is 0 Å². The van der Waals surface area contributed by atoms with Crippen LogP contribution in [0.15, 0.2) is 48.5 Å². The van der Waals surface area contributed by atoms with E-state index in [1.165, 1.54) is 0 Å². The van der Waals surface area contributed by atoms with Crippen LogP contribution in [-0.2, 0) is 11.3 Å². The molecule has 6 heteroatoms. The highest BCUT2D eigenvalue weighted by Gasteiger charge is 2.23. The molecule has 0 saturated carbocycles. The smallest absolute Gasteiger partial charge is 0.355 e. The molecule has 25 heavy (non-hydrogen) atoms. The molecule has 3 aromatic rings. The maximum absolute atomic E-state index is 12.6. The van der Waals surface area contributed by atoms with E-state index >= 15 is 0 Å². The first-order valence-electron chi connectivity index (χ1n) is 7.91. The largest absolute Gasteiger partial charge is 0.461 e. The molecule has 0 aliphatic carbocycles. The van der Waals surface area contributed by atoms with Gasteiger partial charge in [0.05, 0.1) is 12.3 Å². The normalized spacial score (nSPS) is 10.5. The highest BCUT2D eigenvalue weighted by Crippen LogP contribution is 2.36. The fourth-order valence-electron chi connectivity index (χ4n) is 3.00. The molecule has 0 aliphatic heterocycles. The third-order valence-electron chi connectivity index (χ3n) is 3.90. The number of aromatic nitrogens is 1. The van der Waals surface area contributed by atoms with Crippen LogP contribution in [0.4, 0.5) is 0 Å². The van der Waals surface area contributed by atoms with Gasteiger partial charge in [0.25, 0.3) is 0 Å². The lowest BCUT2D eigenvalue weighted by Gasteiger charge is -2.12. The summed E-state index contributed by atoms with van der Waals surface area (Å²) in [6.45, 7) is 3.05. The molecular weight excluding hydrogens is 404 g/mol. The molecule has 2 N–H and O–H groups in total. The van der Waals surface area contributed by atoms with Crippen molar-refractivity contribution in [3.63, 3.8) is 0 Å². The quantitative estimate of drug-likeness (QED) is 0.606. The molecule has 1 heterocycles. The number of benzene rings is 2. The number of carbonyl (C=O) groups excluding carboxylic acids is 1. The maximum Gasteiger partial charge on any atom is 0.355 e. The predicted octanol–water partition coefficient (Wildman–Crippen LogP) is 4.68. The van der Waals surface area contributed by atoms with Gasteiger partial charge in [-0.2, -0.15) is 0 Å². The summed E-state index contributed by atoms with van der Waals surface area (Å²) in [5.74, 6) is -0.347. The molecule has 0 spiro atoms. The molecule has 0 atom stereocenters. The van der Waals surface area contributed by atoms with E-state index in [0.29, 0.717) is 30.4 Å². The lowest BCUT2D eigenvalue weighted by atomic mass is 10.1. The number of hydrogen-bond acceptors (Lipinski definition) is 3. The van der Waals surface area contributed by atoms with Gasteiger partial charge in [0.15, 0.2) is 0 Å². The molecule has 1 aromatic heterocycles. The van der Waals surface area contributed by atoms with Crippen LogP contribution < -0.4 is 5.73 Å². The first-order valence-corrected chi connectivity index (χ1v) is 8.29. The van der Waals surface area contributed by atoms with Crippen molar-refractivity contribution in [1.29, 1.82) is 0 Å². The number of fused-ring (bicyclic) bond motifs is 1. The second kappa shape index (κ2) is 8.52. The number of rotatable bonds is 5. The molecule has 3 rings (SSSR count). The molecule has 0 radical (unpaired) electrons. The summed E-state index contributed by atoms with van der Waals surface area (Å²) in [4.78, 5) is 12.6. The monoisotopic (exact) mass is 422 g/mol. The van der Waals surface area contributed by atoms with Crippen LogP contribution in [0.1, 0.15) is 17.4 Å².